The van der Waals surface area contributed by atoms with Crippen LogP contribution in [0.25, 0.3) is 6.08 Å². The molecule has 2 rings (SSSR count). The molecule has 1 N–H and O–H groups in total. The quantitative estimate of drug-likeness (QED) is 0.688. The molecule has 0 radical (unpaired) electrons. The molecule has 1 aromatic rings. The normalized spacial score (nSPS) is 15.5. The van der Waals surface area contributed by atoms with E-state index in [9.17, 15) is 0 Å². The molecule has 0 fully saturated rings. The van der Waals surface area contributed by atoms with Crippen LogP contribution in [0.1, 0.15) is 24.5 Å². The Hall–Kier alpha value is -1.24. The van der Waals surface area contributed by atoms with E-state index in [-0.39, 0.29) is 0 Å². The molecule has 0 aliphatic carbocycles. The minimum absolute atomic E-state index is 1.12. The van der Waals surface area contributed by atoms with Crippen molar-refractivity contribution in [2.75, 3.05) is 11.9 Å². The van der Waals surface area contributed by atoms with E-state index in [0.717, 1.165) is 6.54 Å². The number of anilines is 1. The van der Waals surface area contributed by atoms with Gasteiger partial charge in [0.05, 0.1) is 0 Å². The second kappa shape index (κ2) is 3.65. The van der Waals surface area contributed by atoms with Crippen LogP contribution < -0.4 is 5.32 Å². The summed E-state index contributed by atoms with van der Waals surface area (Å²) < 4.78 is 0. The molecule has 0 unspecified atom stereocenters. The topological polar surface area (TPSA) is 12.0 Å². The van der Waals surface area contributed by atoms with Gasteiger partial charge in [0.2, 0.25) is 0 Å². The third-order valence-corrected chi connectivity index (χ3v) is 2.48. The molecule has 13 heavy (non-hydrogen) atoms. The van der Waals surface area contributed by atoms with E-state index in [4.69, 9.17) is 0 Å². The molecule has 0 bridgehead atoms. The molecule has 0 saturated carbocycles. The highest BCUT2D eigenvalue weighted by Crippen LogP contribution is 2.25. The highest BCUT2D eigenvalue weighted by molar-refractivity contribution is 5.65. The zero-order valence-electron chi connectivity index (χ0n) is 8.01. The van der Waals surface area contributed by atoms with Crippen molar-refractivity contribution in [3.63, 3.8) is 0 Å². The van der Waals surface area contributed by atoms with Crippen molar-refractivity contribution in [3.8, 4) is 0 Å². The second-order valence-electron chi connectivity index (χ2n) is 3.40. The Balaban J connectivity index is 2.45. The maximum Gasteiger partial charge on any atom is 0.0378 e. The Bertz CT molecular complexity index is 326. The van der Waals surface area contributed by atoms with Crippen molar-refractivity contribution in [1.29, 1.82) is 0 Å². The van der Waals surface area contributed by atoms with Crippen LogP contribution in [0.15, 0.2) is 24.3 Å². The number of allylic oxidation sites excluding steroid dienone is 1. The monoisotopic (exact) mass is 173 g/mol. The fraction of sp³-hybridized carbons (Fsp3) is 0.333. The predicted octanol–water partition coefficient (Wildman–Crippen LogP) is 3.08. The van der Waals surface area contributed by atoms with Crippen LogP contribution in [0.5, 0.6) is 0 Å². The first-order valence-electron chi connectivity index (χ1n) is 4.90. The van der Waals surface area contributed by atoms with Gasteiger partial charge in [-0.3, -0.25) is 0 Å². The number of benzene rings is 1. The average Bonchev–Trinajstić information content (AvgIpc) is 2.19. The van der Waals surface area contributed by atoms with Crippen molar-refractivity contribution in [2.45, 2.75) is 19.8 Å². The number of fused-ring (bicyclic) bond motifs is 1. The summed E-state index contributed by atoms with van der Waals surface area (Å²) in [4.78, 5) is 0. The minimum atomic E-state index is 1.12. The van der Waals surface area contributed by atoms with Crippen LogP contribution in [-0.4, -0.2) is 6.54 Å². The molecule has 0 spiro atoms. The summed E-state index contributed by atoms with van der Waals surface area (Å²) in [5.74, 6) is 0. The van der Waals surface area contributed by atoms with Gasteiger partial charge in [-0.05, 0) is 37.0 Å². The molecule has 1 heterocycles. The second-order valence-corrected chi connectivity index (χ2v) is 3.40. The predicted molar refractivity (Wildman–Crippen MR) is 58.0 cm³/mol. The molecule has 0 saturated heterocycles. The highest BCUT2D eigenvalue weighted by Gasteiger charge is 2.09. The zero-order chi connectivity index (χ0) is 9.10. The average molecular weight is 173 g/mol. The SMILES string of the molecule is CC=Cc1cccc2c1CCCN2. The van der Waals surface area contributed by atoms with Gasteiger partial charge in [0.15, 0.2) is 0 Å². The molecular weight excluding hydrogens is 158 g/mol. The number of rotatable bonds is 1. The maximum atomic E-state index is 3.43. The number of hydrogen-bond acceptors (Lipinski definition) is 1. The van der Waals surface area contributed by atoms with Crippen molar-refractivity contribution >= 4 is 11.8 Å². The Morgan fingerprint density at radius 1 is 1.38 bits per heavy atom. The molecule has 68 valence electrons. The largest absolute Gasteiger partial charge is 0.385 e. The summed E-state index contributed by atoms with van der Waals surface area (Å²) in [6, 6.07) is 6.47. The summed E-state index contributed by atoms with van der Waals surface area (Å²) >= 11 is 0. The van der Waals surface area contributed by atoms with Crippen LogP contribution in [0.3, 0.4) is 0 Å². The molecule has 0 amide bonds. The summed E-state index contributed by atoms with van der Waals surface area (Å²) in [7, 11) is 0. The first kappa shape index (κ1) is 8.36. The Kier molecular flexibility index (Phi) is 2.35. The van der Waals surface area contributed by atoms with E-state index >= 15 is 0 Å². The van der Waals surface area contributed by atoms with Gasteiger partial charge in [-0.1, -0.05) is 24.3 Å². The lowest BCUT2D eigenvalue weighted by Gasteiger charge is -2.19. The van der Waals surface area contributed by atoms with E-state index in [0.29, 0.717) is 0 Å². The van der Waals surface area contributed by atoms with Gasteiger partial charge >= 0.3 is 0 Å². The van der Waals surface area contributed by atoms with Crippen molar-refractivity contribution in [2.24, 2.45) is 0 Å². The van der Waals surface area contributed by atoms with Crippen molar-refractivity contribution < 1.29 is 0 Å². The molecule has 1 aliphatic rings. The Labute approximate surface area is 79.5 Å². The lowest BCUT2D eigenvalue weighted by Crippen LogP contribution is -2.12. The highest BCUT2D eigenvalue weighted by atomic mass is 14.9. The molecule has 1 nitrogen and oxygen atoms in total. The van der Waals surface area contributed by atoms with E-state index in [1.807, 2.05) is 0 Å². The first-order chi connectivity index (χ1) is 6.42. The van der Waals surface area contributed by atoms with Crippen LogP contribution in [0.2, 0.25) is 0 Å². The number of nitrogens with one attached hydrogen (secondary N) is 1. The van der Waals surface area contributed by atoms with Gasteiger partial charge in [-0.25, -0.2) is 0 Å². The molecule has 1 heteroatoms. The third-order valence-electron chi connectivity index (χ3n) is 2.48. The lowest BCUT2D eigenvalue weighted by molar-refractivity contribution is 0.828. The summed E-state index contributed by atoms with van der Waals surface area (Å²) in [6.07, 6.45) is 6.75. The lowest BCUT2D eigenvalue weighted by atomic mass is 9.97. The van der Waals surface area contributed by atoms with E-state index in [1.165, 1.54) is 29.7 Å². The fourth-order valence-corrected chi connectivity index (χ4v) is 1.87. The van der Waals surface area contributed by atoms with E-state index < -0.39 is 0 Å². The summed E-state index contributed by atoms with van der Waals surface area (Å²) in [5, 5.41) is 3.43. The van der Waals surface area contributed by atoms with Gasteiger partial charge in [-0.15, -0.1) is 0 Å². The van der Waals surface area contributed by atoms with E-state index in [2.05, 4.69) is 42.6 Å². The Morgan fingerprint density at radius 2 is 2.31 bits per heavy atom. The molecule has 0 atom stereocenters. The van der Waals surface area contributed by atoms with Gasteiger partial charge in [0, 0.05) is 12.2 Å². The van der Waals surface area contributed by atoms with Gasteiger partial charge in [0.25, 0.3) is 0 Å². The van der Waals surface area contributed by atoms with Gasteiger partial charge < -0.3 is 5.32 Å². The van der Waals surface area contributed by atoms with Crippen molar-refractivity contribution in [3.05, 3.63) is 35.4 Å². The smallest absolute Gasteiger partial charge is 0.0378 e. The first-order valence-corrected chi connectivity index (χ1v) is 4.90. The fourth-order valence-electron chi connectivity index (χ4n) is 1.87. The standard InChI is InChI=1S/C12H15N/c1-2-5-10-6-3-8-12-11(10)7-4-9-13-12/h2-3,5-6,8,13H,4,7,9H2,1H3. The van der Waals surface area contributed by atoms with Gasteiger partial charge in [0.1, 0.15) is 0 Å². The van der Waals surface area contributed by atoms with Gasteiger partial charge in [-0.2, -0.15) is 0 Å². The maximum absolute atomic E-state index is 3.43. The van der Waals surface area contributed by atoms with Crippen molar-refractivity contribution in [1.82, 2.24) is 0 Å². The molecule has 0 aromatic heterocycles. The van der Waals surface area contributed by atoms with Crippen LogP contribution in [-0.2, 0) is 6.42 Å². The Morgan fingerprint density at radius 3 is 3.15 bits per heavy atom. The van der Waals surface area contributed by atoms with E-state index in [1.54, 1.807) is 0 Å². The molecule has 1 aromatic carbocycles. The third kappa shape index (κ3) is 1.59. The zero-order valence-corrected chi connectivity index (χ0v) is 8.01. The van der Waals surface area contributed by atoms with Crippen LogP contribution >= 0.6 is 0 Å². The van der Waals surface area contributed by atoms with Crippen LogP contribution in [0, 0.1) is 0 Å². The molecule has 1 aliphatic heterocycles. The number of hydrogen-bond donors (Lipinski definition) is 1. The molecular formula is C12H15N. The summed E-state index contributed by atoms with van der Waals surface area (Å²) in [6.45, 7) is 3.18. The minimum Gasteiger partial charge on any atom is -0.385 e. The summed E-state index contributed by atoms with van der Waals surface area (Å²) in [5.41, 5.74) is 4.17. The van der Waals surface area contributed by atoms with Crippen LogP contribution in [0.4, 0.5) is 5.69 Å².